The lowest BCUT2D eigenvalue weighted by Gasteiger charge is -2.28. The van der Waals surface area contributed by atoms with Crippen molar-refractivity contribution in [3.63, 3.8) is 0 Å². The molecule has 1 aliphatic heterocycles. The number of hydrogen-bond acceptors (Lipinski definition) is 4. The number of carbonyl (C=O) groups is 1. The van der Waals surface area contributed by atoms with Crippen LogP contribution in [0.1, 0.15) is 41.8 Å². The molecule has 1 aromatic carbocycles. The van der Waals surface area contributed by atoms with E-state index in [9.17, 15) is 9.59 Å². The standard InChI is InChI=1S/C21H26N4O2/c1-15(25-20(26)13-17-7-4-8-19(17)23-25)21(27)22-10-12-24-11-9-16-5-2-3-6-18(16)14-24/h2-3,5-6,13,15H,4,7-12,14H2,1H3,(H,22,27). The summed E-state index contributed by atoms with van der Waals surface area (Å²) >= 11 is 0. The SMILES string of the molecule is CC(C(=O)NCCN1CCc2ccccc2C1)n1nc2c(cc1=O)CCC2. The van der Waals surface area contributed by atoms with Gasteiger partial charge in [-0.15, -0.1) is 0 Å². The lowest BCUT2D eigenvalue weighted by Crippen LogP contribution is -2.41. The molecule has 0 radical (unpaired) electrons. The molecule has 1 aliphatic carbocycles. The minimum absolute atomic E-state index is 0.153. The second-order valence-corrected chi connectivity index (χ2v) is 7.51. The van der Waals surface area contributed by atoms with Crippen molar-refractivity contribution < 1.29 is 4.79 Å². The summed E-state index contributed by atoms with van der Waals surface area (Å²) in [6, 6.07) is 9.58. The zero-order chi connectivity index (χ0) is 18.8. The molecule has 27 heavy (non-hydrogen) atoms. The van der Waals surface area contributed by atoms with Crippen molar-refractivity contribution in [2.24, 2.45) is 0 Å². The number of carbonyl (C=O) groups excluding carboxylic acids is 1. The molecule has 4 rings (SSSR count). The molecule has 142 valence electrons. The Morgan fingerprint density at radius 2 is 2.00 bits per heavy atom. The number of amides is 1. The van der Waals surface area contributed by atoms with Gasteiger partial charge in [-0.1, -0.05) is 24.3 Å². The maximum Gasteiger partial charge on any atom is 0.267 e. The molecule has 2 heterocycles. The van der Waals surface area contributed by atoms with Gasteiger partial charge in [0.25, 0.3) is 5.56 Å². The first-order valence-electron chi connectivity index (χ1n) is 9.80. The number of nitrogens with one attached hydrogen (secondary N) is 1. The van der Waals surface area contributed by atoms with Crippen LogP contribution < -0.4 is 10.9 Å². The van der Waals surface area contributed by atoms with Crippen molar-refractivity contribution in [2.75, 3.05) is 19.6 Å². The number of fused-ring (bicyclic) bond motifs is 2. The van der Waals surface area contributed by atoms with Gasteiger partial charge in [0.05, 0.1) is 5.69 Å². The van der Waals surface area contributed by atoms with Crippen LogP contribution in [0.4, 0.5) is 0 Å². The molecule has 0 saturated carbocycles. The molecule has 0 spiro atoms. The van der Waals surface area contributed by atoms with Gasteiger partial charge >= 0.3 is 0 Å². The Morgan fingerprint density at radius 1 is 1.19 bits per heavy atom. The smallest absolute Gasteiger partial charge is 0.267 e. The average molecular weight is 366 g/mol. The number of nitrogens with zero attached hydrogens (tertiary/aromatic N) is 3. The predicted molar refractivity (Wildman–Crippen MR) is 104 cm³/mol. The third-order valence-corrected chi connectivity index (χ3v) is 5.67. The fraction of sp³-hybridized carbons (Fsp3) is 0.476. The molecule has 0 bridgehead atoms. The van der Waals surface area contributed by atoms with Gasteiger partial charge in [-0.05, 0) is 49.3 Å². The van der Waals surface area contributed by atoms with Gasteiger partial charge in [-0.25, -0.2) is 4.68 Å². The summed E-state index contributed by atoms with van der Waals surface area (Å²) in [5.74, 6) is -0.153. The summed E-state index contributed by atoms with van der Waals surface area (Å²) < 4.78 is 1.33. The van der Waals surface area contributed by atoms with E-state index in [-0.39, 0.29) is 11.5 Å². The molecule has 0 fully saturated rings. The van der Waals surface area contributed by atoms with Gasteiger partial charge < -0.3 is 5.32 Å². The molecule has 6 nitrogen and oxygen atoms in total. The number of aromatic nitrogens is 2. The van der Waals surface area contributed by atoms with E-state index >= 15 is 0 Å². The van der Waals surface area contributed by atoms with E-state index in [1.807, 2.05) is 0 Å². The summed E-state index contributed by atoms with van der Waals surface area (Å²) in [4.78, 5) is 27.1. The Hall–Kier alpha value is -2.47. The topological polar surface area (TPSA) is 67.2 Å². The highest BCUT2D eigenvalue weighted by molar-refractivity contribution is 5.79. The summed E-state index contributed by atoms with van der Waals surface area (Å²) in [6.45, 7) is 5.05. The van der Waals surface area contributed by atoms with Crippen molar-refractivity contribution >= 4 is 5.91 Å². The first kappa shape index (κ1) is 17.9. The summed E-state index contributed by atoms with van der Waals surface area (Å²) in [6.07, 6.45) is 3.89. The Kier molecular flexibility index (Phi) is 5.07. The van der Waals surface area contributed by atoms with Crippen LogP contribution in [0.5, 0.6) is 0 Å². The first-order chi connectivity index (χ1) is 13.1. The van der Waals surface area contributed by atoms with Gasteiger partial charge in [-0.3, -0.25) is 14.5 Å². The minimum atomic E-state index is -0.592. The van der Waals surface area contributed by atoms with Crippen LogP contribution in [0.25, 0.3) is 0 Å². The highest BCUT2D eigenvalue weighted by Crippen LogP contribution is 2.19. The predicted octanol–water partition coefficient (Wildman–Crippen LogP) is 1.47. The van der Waals surface area contributed by atoms with E-state index in [1.54, 1.807) is 13.0 Å². The average Bonchev–Trinajstić information content (AvgIpc) is 3.13. The number of rotatable bonds is 5. The summed E-state index contributed by atoms with van der Waals surface area (Å²) in [5, 5.41) is 7.40. The van der Waals surface area contributed by atoms with Crippen molar-refractivity contribution in [3.05, 3.63) is 63.1 Å². The zero-order valence-electron chi connectivity index (χ0n) is 15.8. The monoisotopic (exact) mass is 366 g/mol. The highest BCUT2D eigenvalue weighted by atomic mass is 16.2. The molecular formula is C21H26N4O2. The van der Waals surface area contributed by atoms with Crippen molar-refractivity contribution in [1.82, 2.24) is 20.0 Å². The fourth-order valence-electron chi connectivity index (χ4n) is 4.03. The Bertz CT molecular complexity index is 905. The van der Waals surface area contributed by atoms with Crippen LogP contribution in [0, 0.1) is 0 Å². The van der Waals surface area contributed by atoms with E-state index in [2.05, 4.69) is 39.6 Å². The van der Waals surface area contributed by atoms with Crippen molar-refractivity contribution in [1.29, 1.82) is 0 Å². The van der Waals surface area contributed by atoms with Crippen LogP contribution >= 0.6 is 0 Å². The second-order valence-electron chi connectivity index (χ2n) is 7.51. The van der Waals surface area contributed by atoms with E-state index in [4.69, 9.17) is 0 Å². The maximum atomic E-state index is 12.5. The lowest BCUT2D eigenvalue weighted by atomic mass is 10.00. The van der Waals surface area contributed by atoms with Gasteiger partial charge in [-0.2, -0.15) is 5.10 Å². The molecule has 1 unspecified atom stereocenters. The summed E-state index contributed by atoms with van der Waals surface area (Å²) in [7, 11) is 0. The first-order valence-corrected chi connectivity index (χ1v) is 9.80. The molecule has 2 aliphatic rings. The van der Waals surface area contributed by atoms with Gasteiger partial charge in [0, 0.05) is 32.2 Å². The zero-order valence-corrected chi connectivity index (χ0v) is 15.8. The molecule has 1 aromatic heterocycles. The van der Waals surface area contributed by atoms with Crippen LogP contribution in [0.3, 0.4) is 0 Å². The molecule has 1 N–H and O–H groups in total. The van der Waals surface area contributed by atoms with Crippen LogP contribution in [0.2, 0.25) is 0 Å². The van der Waals surface area contributed by atoms with Crippen LogP contribution in [-0.2, 0) is 30.6 Å². The largest absolute Gasteiger partial charge is 0.353 e. The molecule has 1 atom stereocenters. The number of aryl methyl sites for hydroxylation is 2. The van der Waals surface area contributed by atoms with E-state index in [0.717, 1.165) is 56.6 Å². The Morgan fingerprint density at radius 3 is 2.85 bits per heavy atom. The van der Waals surface area contributed by atoms with Crippen LogP contribution in [-0.4, -0.2) is 40.2 Å². The van der Waals surface area contributed by atoms with Gasteiger partial charge in [0.15, 0.2) is 0 Å². The molecule has 2 aromatic rings. The lowest BCUT2D eigenvalue weighted by molar-refractivity contribution is -0.124. The van der Waals surface area contributed by atoms with E-state index in [0.29, 0.717) is 6.54 Å². The maximum absolute atomic E-state index is 12.5. The normalized spacial score (nSPS) is 17.2. The Balaban J connectivity index is 1.32. The van der Waals surface area contributed by atoms with Crippen LogP contribution in [0.15, 0.2) is 35.1 Å². The van der Waals surface area contributed by atoms with Gasteiger partial charge in [0.1, 0.15) is 6.04 Å². The molecule has 6 heteroatoms. The number of benzene rings is 1. The van der Waals surface area contributed by atoms with Crippen molar-refractivity contribution in [2.45, 2.75) is 45.2 Å². The third kappa shape index (κ3) is 3.81. The fourth-order valence-corrected chi connectivity index (χ4v) is 4.03. The number of hydrogen-bond donors (Lipinski definition) is 1. The minimum Gasteiger partial charge on any atom is -0.353 e. The van der Waals surface area contributed by atoms with E-state index < -0.39 is 6.04 Å². The second kappa shape index (κ2) is 7.64. The highest BCUT2D eigenvalue weighted by Gasteiger charge is 2.21. The molecular weight excluding hydrogens is 340 g/mol. The Labute approximate surface area is 159 Å². The third-order valence-electron chi connectivity index (χ3n) is 5.67. The van der Waals surface area contributed by atoms with E-state index in [1.165, 1.54) is 15.8 Å². The summed E-state index contributed by atoms with van der Waals surface area (Å²) in [5.41, 5.74) is 4.60. The quantitative estimate of drug-likeness (QED) is 0.870. The van der Waals surface area contributed by atoms with Gasteiger partial charge in [0.2, 0.25) is 5.91 Å². The van der Waals surface area contributed by atoms with Crippen molar-refractivity contribution in [3.8, 4) is 0 Å². The molecule has 0 saturated heterocycles. The molecule has 1 amide bonds.